The van der Waals surface area contributed by atoms with E-state index >= 15 is 0 Å². The molecule has 1 aliphatic carbocycles. The summed E-state index contributed by atoms with van der Waals surface area (Å²) in [7, 11) is 0. The lowest BCUT2D eigenvalue weighted by atomic mass is 9.98. The molecule has 2 atom stereocenters. The Hall–Kier alpha value is -0.240. The predicted molar refractivity (Wildman–Crippen MR) is 82.6 cm³/mol. The Morgan fingerprint density at radius 3 is 2.53 bits per heavy atom. The Bertz CT molecular complexity index is 245. The molecule has 112 valence electrons. The molecule has 1 rings (SSSR count). The zero-order valence-corrected chi connectivity index (χ0v) is 13.2. The minimum atomic E-state index is 0.232. The number of halogens is 1. The molecule has 0 heterocycles. The second-order valence-corrected chi connectivity index (χ2v) is 6.24. The lowest BCUT2D eigenvalue weighted by molar-refractivity contribution is -0.121. The SMILES string of the molecule is CCCCCCCCC(=O)NCC1CCCC1CCl. The third kappa shape index (κ3) is 7.20. The van der Waals surface area contributed by atoms with Gasteiger partial charge >= 0.3 is 0 Å². The molecule has 1 fully saturated rings. The molecule has 0 saturated heterocycles. The second kappa shape index (κ2) is 10.5. The monoisotopic (exact) mass is 287 g/mol. The van der Waals surface area contributed by atoms with Crippen molar-refractivity contribution < 1.29 is 4.79 Å². The quantitative estimate of drug-likeness (QED) is 0.465. The Balaban J connectivity index is 1.98. The Labute approximate surface area is 123 Å². The van der Waals surface area contributed by atoms with Crippen molar-refractivity contribution in [3.63, 3.8) is 0 Å². The summed E-state index contributed by atoms with van der Waals surface area (Å²) in [6.07, 6.45) is 11.9. The summed E-state index contributed by atoms with van der Waals surface area (Å²) in [6, 6.07) is 0. The van der Waals surface area contributed by atoms with Crippen LogP contribution in [0.1, 0.15) is 71.1 Å². The molecule has 0 aromatic heterocycles. The van der Waals surface area contributed by atoms with Crippen LogP contribution in [0.5, 0.6) is 0 Å². The lowest BCUT2D eigenvalue weighted by Gasteiger charge is -2.17. The Kier molecular flexibility index (Phi) is 9.32. The van der Waals surface area contributed by atoms with Crippen molar-refractivity contribution in [1.29, 1.82) is 0 Å². The zero-order chi connectivity index (χ0) is 13.9. The standard InChI is InChI=1S/C16H30ClNO/c1-2-3-4-5-6-7-11-16(19)18-13-15-10-8-9-14(15)12-17/h14-15H,2-13H2,1H3,(H,18,19). The Morgan fingerprint density at radius 1 is 1.11 bits per heavy atom. The largest absolute Gasteiger partial charge is 0.356 e. The highest BCUT2D eigenvalue weighted by Gasteiger charge is 2.26. The summed E-state index contributed by atoms with van der Waals surface area (Å²) in [5.41, 5.74) is 0. The van der Waals surface area contributed by atoms with E-state index < -0.39 is 0 Å². The molecule has 0 aromatic rings. The first-order valence-electron chi connectivity index (χ1n) is 8.10. The minimum Gasteiger partial charge on any atom is -0.356 e. The molecule has 0 spiro atoms. The fourth-order valence-electron chi connectivity index (χ4n) is 2.98. The van der Waals surface area contributed by atoms with Gasteiger partial charge in [0.05, 0.1) is 0 Å². The van der Waals surface area contributed by atoms with Gasteiger partial charge in [0.1, 0.15) is 0 Å². The number of carbonyl (C=O) groups is 1. The maximum atomic E-state index is 11.7. The summed E-state index contributed by atoms with van der Waals surface area (Å²) in [6.45, 7) is 3.07. The van der Waals surface area contributed by atoms with E-state index in [4.69, 9.17) is 11.6 Å². The molecule has 19 heavy (non-hydrogen) atoms. The summed E-state index contributed by atoms with van der Waals surface area (Å²) in [4.78, 5) is 11.7. The summed E-state index contributed by atoms with van der Waals surface area (Å²) >= 11 is 5.95. The van der Waals surface area contributed by atoms with Crippen molar-refractivity contribution >= 4 is 17.5 Å². The van der Waals surface area contributed by atoms with Gasteiger partial charge in [-0.15, -0.1) is 11.6 Å². The van der Waals surface area contributed by atoms with E-state index in [1.165, 1.54) is 51.4 Å². The third-order valence-corrected chi connectivity index (χ3v) is 4.73. The van der Waals surface area contributed by atoms with Gasteiger partial charge in [-0.05, 0) is 31.1 Å². The molecular weight excluding hydrogens is 258 g/mol. The first-order chi connectivity index (χ1) is 9.27. The van der Waals surface area contributed by atoms with Crippen molar-refractivity contribution in [3.8, 4) is 0 Å². The highest BCUT2D eigenvalue weighted by Crippen LogP contribution is 2.31. The van der Waals surface area contributed by atoms with E-state index in [9.17, 15) is 4.79 Å². The first kappa shape index (κ1) is 16.8. The van der Waals surface area contributed by atoms with Crippen LogP contribution in [0.15, 0.2) is 0 Å². The number of rotatable bonds is 10. The van der Waals surface area contributed by atoms with Crippen LogP contribution in [-0.2, 0) is 4.79 Å². The molecule has 1 N–H and O–H groups in total. The molecule has 0 aliphatic heterocycles. The van der Waals surface area contributed by atoms with Crippen LogP contribution in [0.4, 0.5) is 0 Å². The van der Waals surface area contributed by atoms with Crippen molar-refractivity contribution in [2.75, 3.05) is 12.4 Å². The van der Waals surface area contributed by atoms with Crippen LogP contribution in [0.25, 0.3) is 0 Å². The molecule has 0 bridgehead atoms. The third-order valence-electron chi connectivity index (χ3n) is 4.33. The molecular formula is C16H30ClNO. The summed E-state index contributed by atoms with van der Waals surface area (Å²) in [5.74, 6) is 2.22. The van der Waals surface area contributed by atoms with Crippen LogP contribution >= 0.6 is 11.6 Å². The highest BCUT2D eigenvalue weighted by molar-refractivity contribution is 6.18. The van der Waals surface area contributed by atoms with E-state index in [0.29, 0.717) is 18.3 Å². The van der Waals surface area contributed by atoms with Crippen LogP contribution in [0, 0.1) is 11.8 Å². The van der Waals surface area contributed by atoms with E-state index in [-0.39, 0.29) is 5.91 Å². The average Bonchev–Trinajstić information content (AvgIpc) is 2.88. The van der Waals surface area contributed by atoms with E-state index in [2.05, 4.69) is 12.2 Å². The predicted octanol–water partition coefficient (Wildman–Crippen LogP) is 4.51. The Morgan fingerprint density at radius 2 is 1.79 bits per heavy atom. The molecule has 0 aromatic carbocycles. The van der Waals surface area contributed by atoms with Crippen molar-refractivity contribution in [2.45, 2.75) is 71.1 Å². The molecule has 2 unspecified atom stereocenters. The second-order valence-electron chi connectivity index (χ2n) is 5.93. The van der Waals surface area contributed by atoms with Gasteiger partial charge < -0.3 is 5.32 Å². The smallest absolute Gasteiger partial charge is 0.220 e. The zero-order valence-electron chi connectivity index (χ0n) is 12.4. The topological polar surface area (TPSA) is 29.1 Å². The molecule has 3 heteroatoms. The normalized spacial score (nSPS) is 22.6. The number of alkyl halides is 1. The van der Waals surface area contributed by atoms with E-state index in [1.807, 2.05) is 0 Å². The molecule has 2 nitrogen and oxygen atoms in total. The fourth-order valence-corrected chi connectivity index (χ4v) is 3.39. The van der Waals surface area contributed by atoms with E-state index in [1.54, 1.807) is 0 Å². The van der Waals surface area contributed by atoms with Crippen LogP contribution in [0.3, 0.4) is 0 Å². The van der Waals surface area contributed by atoms with Crippen molar-refractivity contribution in [3.05, 3.63) is 0 Å². The first-order valence-corrected chi connectivity index (χ1v) is 8.64. The fraction of sp³-hybridized carbons (Fsp3) is 0.938. The van der Waals surface area contributed by atoms with Crippen LogP contribution in [-0.4, -0.2) is 18.3 Å². The van der Waals surface area contributed by atoms with E-state index in [0.717, 1.165) is 18.8 Å². The van der Waals surface area contributed by atoms with Gasteiger partial charge in [-0.2, -0.15) is 0 Å². The lowest BCUT2D eigenvalue weighted by Crippen LogP contribution is -2.31. The number of unbranched alkanes of at least 4 members (excludes halogenated alkanes) is 5. The number of amides is 1. The number of hydrogen-bond donors (Lipinski definition) is 1. The molecule has 1 amide bonds. The van der Waals surface area contributed by atoms with Crippen LogP contribution < -0.4 is 5.32 Å². The van der Waals surface area contributed by atoms with Crippen molar-refractivity contribution in [1.82, 2.24) is 5.32 Å². The molecule has 1 aliphatic rings. The summed E-state index contributed by atoms with van der Waals surface area (Å²) in [5, 5.41) is 3.09. The number of nitrogens with one attached hydrogen (secondary N) is 1. The minimum absolute atomic E-state index is 0.232. The van der Waals surface area contributed by atoms with Crippen molar-refractivity contribution in [2.24, 2.45) is 11.8 Å². The van der Waals surface area contributed by atoms with Gasteiger partial charge in [-0.1, -0.05) is 45.4 Å². The number of hydrogen-bond acceptors (Lipinski definition) is 1. The van der Waals surface area contributed by atoms with Gasteiger partial charge in [0.2, 0.25) is 5.91 Å². The highest BCUT2D eigenvalue weighted by atomic mass is 35.5. The van der Waals surface area contributed by atoms with Gasteiger partial charge in [-0.3, -0.25) is 4.79 Å². The van der Waals surface area contributed by atoms with Gasteiger partial charge in [-0.25, -0.2) is 0 Å². The molecule has 0 radical (unpaired) electrons. The molecule has 1 saturated carbocycles. The van der Waals surface area contributed by atoms with Gasteiger partial charge in [0, 0.05) is 18.8 Å². The van der Waals surface area contributed by atoms with Gasteiger partial charge in [0.15, 0.2) is 0 Å². The average molecular weight is 288 g/mol. The maximum absolute atomic E-state index is 11.7. The maximum Gasteiger partial charge on any atom is 0.220 e. The van der Waals surface area contributed by atoms with Gasteiger partial charge in [0.25, 0.3) is 0 Å². The number of carbonyl (C=O) groups excluding carboxylic acids is 1. The summed E-state index contributed by atoms with van der Waals surface area (Å²) < 4.78 is 0. The van der Waals surface area contributed by atoms with Crippen LogP contribution in [0.2, 0.25) is 0 Å².